The molecule has 2 fully saturated rings. The molecule has 0 spiro atoms. The number of aliphatic hydroxyl groups excluding tert-OH is 4. The number of aromatic amines is 2. The van der Waals surface area contributed by atoms with Gasteiger partial charge in [-0.05, 0) is 13.8 Å². The van der Waals surface area contributed by atoms with Crippen molar-refractivity contribution in [2.45, 2.75) is 62.1 Å². The van der Waals surface area contributed by atoms with Crippen LogP contribution in [0.1, 0.15) is 11.1 Å². The Morgan fingerprint density at radius 2 is 1.02 bits per heavy atom. The Balaban J connectivity index is 0.000000220. The van der Waals surface area contributed by atoms with E-state index in [2.05, 4.69) is 9.47 Å². The van der Waals surface area contributed by atoms with Gasteiger partial charge in [-0.3, -0.25) is 19.6 Å². The van der Waals surface area contributed by atoms with Gasteiger partial charge >= 0.3 is 35.2 Å². The largest absolute Gasteiger partial charge is 0.394 e. The van der Waals surface area contributed by atoms with Crippen LogP contribution in [0.3, 0.4) is 0 Å². The molecule has 0 aliphatic carbocycles. The fourth-order valence-electron chi connectivity index (χ4n) is 3.79. The van der Waals surface area contributed by atoms with Crippen LogP contribution < -0.4 is 22.5 Å². The molecule has 2 aliphatic heterocycles. The van der Waals surface area contributed by atoms with Crippen LogP contribution in [0.25, 0.3) is 0 Å². The summed E-state index contributed by atoms with van der Waals surface area (Å²) in [6, 6.07) is 0. The fraction of sp³-hybridized carbons (Fsp3) is 0.600. The third kappa shape index (κ3) is 4.59. The zero-order valence-electron chi connectivity index (χ0n) is 20.3. The first kappa shape index (κ1) is 31.2. The summed E-state index contributed by atoms with van der Waals surface area (Å²) in [6.07, 6.45) is -7.99. The number of aliphatic hydroxyl groups is 4. The van der Waals surface area contributed by atoms with Crippen LogP contribution in [0.2, 0.25) is 0 Å². The standard InChI is InChI=1S/2C10H11F3N2O5/c2*1-4-2-15(8(19)14-7(4)18)10(13)9(11,12)6(17)5(3-16)20-10/h2*2,5-6,16-17H,3H2,1H3,(H,14,18,19)/t2*5-,6-,10+/m11/s1. The number of alkyl halides is 6. The number of nitrogens with zero attached hydrogens (tertiary/aromatic N) is 2. The highest BCUT2D eigenvalue weighted by atomic mass is 19.3. The van der Waals surface area contributed by atoms with E-state index in [1.165, 1.54) is 13.8 Å². The summed E-state index contributed by atoms with van der Waals surface area (Å²) in [5, 5.41) is 36.1. The molecule has 0 bridgehead atoms. The normalized spacial score (nSPS) is 32.5. The van der Waals surface area contributed by atoms with Gasteiger partial charge in [0, 0.05) is 23.5 Å². The van der Waals surface area contributed by atoms with Gasteiger partial charge in [0.1, 0.15) is 12.2 Å². The Hall–Kier alpha value is -3.30. The van der Waals surface area contributed by atoms with E-state index in [0.29, 0.717) is 12.4 Å². The average molecular weight is 592 g/mol. The van der Waals surface area contributed by atoms with Crippen LogP contribution in [-0.4, -0.2) is 89.0 Å². The molecule has 224 valence electrons. The maximum absolute atomic E-state index is 14.5. The molecule has 6 atom stereocenters. The molecule has 0 aromatic carbocycles. The second-order valence-corrected chi connectivity index (χ2v) is 8.82. The van der Waals surface area contributed by atoms with Gasteiger partial charge in [0.15, 0.2) is 12.2 Å². The third-order valence-electron chi connectivity index (χ3n) is 6.10. The monoisotopic (exact) mass is 592 g/mol. The lowest BCUT2D eigenvalue weighted by molar-refractivity contribution is -0.297. The summed E-state index contributed by atoms with van der Waals surface area (Å²) in [7, 11) is 0. The number of hydrogen-bond acceptors (Lipinski definition) is 10. The van der Waals surface area contributed by atoms with Gasteiger partial charge < -0.3 is 29.9 Å². The zero-order valence-corrected chi connectivity index (χ0v) is 20.3. The minimum absolute atomic E-state index is 0.150. The van der Waals surface area contributed by atoms with Crippen LogP contribution >= 0.6 is 0 Å². The fourth-order valence-corrected chi connectivity index (χ4v) is 3.79. The van der Waals surface area contributed by atoms with Crippen LogP contribution in [0.4, 0.5) is 26.3 Å². The molecule has 0 radical (unpaired) electrons. The van der Waals surface area contributed by atoms with Gasteiger partial charge in [-0.15, -0.1) is 0 Å². The maximum Gasteiger partial charge on any atom is 0.365 e. The highest BCUT2D eigenvalue weighted by molar-refractivity contribution is 5.08. The third-order valence-corrected chi connectivity index (χ3v) is 6.10. The SMILES string of the molecule is Cc1cn([C@]2(F)O[C@H](CO)[C@@H](O)C2(F)F)c(=O)[nH]c1=O.Cc1cn([C@]2(F)O[C@H](CO)[C@@H](O)C2(F)F)c(=O)[nH]c1=O. The summed E-state index contributed by atoms with van der Waals surface area (Å²) < 4.78 is 92.5. The molecular formula is C20H22F6N4O10. The molecule has 0 amide bonds. The molecule has 2 saturated heterocycles. The van der Waals surface area contributed by atoms with Crippen molar-refractivity contribution in [2.24, 2.45) is 0 Å². The Kier molecular flexibility index (Phi) is 8.02. The average Bonchev–Trinajstić information content (AvgIpc) is 3.17. The van der Waals surface area contributed by atoms with E-state index < -0.39 is 83.9 Å². The number of ether oxygens (including phenoxy) is 2. The van der Waals surface area contributed by atoms with Crippen molar-refractivity contribution in [3.63, 3.8) is 0 Å². The summed E-state index contributed by atoms with van der Waals surface area (Å²) in [4.78, 5) is 48.6. The van der Waals surface area contributed by atoms with Crippen LogP contribution in [0, 0.1) is 13.8 Å². The predicted octanol–water partition coefficient (Wildman–Crippen LogP) is -2.38. The van der Waals surface area contributed by atoms with Crippen molar-refractivity contribution < 1.29 is 56.2 Å². The van der Waals surface area contributed by atoms with Gasteiger partial charge in [-0.2, -0.15) is 26.3 Å². The lowest BCUT2D eigenvalue weighted by Crippen LogP contribution is -2.53. The lowest BCUT2D eigenvalue weighted by Gasteiger charge is -2.27. The first-order valence-corrected chi connectivity index (χ1v) is 11.0. The summed E-state index contributed by atoms with van der Waals surface area (Å²) in [5.74, 6) is -17.0. The molecule has 2 aromatic rings. The molecule has 4 heterocycles. The van der Waals surface area contributed by atoms with Gasteiger partial charge in [0.25, 0.3) is 11.1 Å². The van der Waals surface area contributed by atoms with Crippen molar-refractivity contribution in [1.82, 2.24) is 19.1 Å². The highest BCUT2D eigenvalue weighted by Gasteiger charge is 2.72. The first-order chi connectivity index (χ1) is 18.3. The Morgan fingerprint density at radius 3 is 1.27 bits per heavy atom. The number of hydrogen-bond donors (Lipinski definition) is 6. The number of aryl methyl sites for hydroxylation is 2. The smallest absolute Gasteiger partial charge is 0.365 e. The zero-order chi connectivity index (χ0) is 30.6. The molecule has 40 heavy (non-hydrogen) atoms. The van der Waals surface area contributed by atoms with Crippen molar-refractivity contribution in [1.29, 1.82) is 0 Å². The van der Waals surface area contributed by atoms with Crippen LogP contribution in [0.15, 0.2) is 31.6 Å². The van der Waals surface area contributed by atoms with Crippen LogP contribution in [0.5, 0.6) is 0 Å². The van der Waals surface area contributed by atoms with E-state index >= 15 is 0 Å². The number of rotatable bonds is 4. The molecule has 20 heteroatoms. The Labute approximate surface area is 216 Å². The predicted molar refractivity (Wildman–Crippen MR) is 116 cm³/mol. The van der Waals surface area contributed by atoms with Crippen molar-refractivity contribution in [3.8, 4) is 0 Å². The Bertz CT molecular complexity index is 1400. The molecule has 4 rings (SSSR count). The summed E-state index contributed by atoms with van der Waals surface area (Å²) in [5.41, 5.74) is -5.07. The van der Waals surface area contributed by atoms with Gasteiger partial charge in [-0.25, -0.2) is 18.7 Å². The van der Waals surface area contributed by atoms with Crippen molar-refractivity contribution in [2.75, 3.05) is 13.2 Å². The molecule has 6 N–H and O–H groups in total. The Morgan fingerprint density at radius 1 is 0.725 bits per heavy atom. The minimum Gasteiger partial charge on any atom is -0.394 e. The van der Waals surface area contributed by atoms with Crippen molar-refractivity contribution in [3.05, 3.63) is 65.2 Å². The number of aromatic nitrogens is 4. The second kappa shape index (κ2) is 10.3. The first-order valence-electron chi connectivity index (χ1n) is 11.0. The quantitative estimate of drug-likeness (QED) is 0.208. The number of nitrogens with one attached hydrogen (secondary N) is 2. The minimum atomic E-state index is -4.49. The molecule has 14 nitrogen and oxygen atoms in total. The number of H-pyrrole nitrogens is 2. The van der Waals surface area contributed by atoms with Gasteiger partial charge in [-0.1, -0.05) is 0 Å². The maximum atomic E-state index is 14.5. The van der Waals surface area contributed by atoms with E-state index in [0.717, 1.165) is 0 Å². The van der Waals surface area contributed by atoms with E-state index in [-0.39, 0.29) is 20.3 Å². The molecule has 0 unspecified atom stereocenters. The van der Waals surface area contributed by atoms with E-state index in [1.807, 2.05) is 0 Å². The molecular weight excluding hydrogens is 570 g/mol. The number of halogens is 6. The molecule has 0 saturated carbocycles. The summed E-state index contributed by atoms with van der Waals surface area (Å²) in [6.45, 7) is 0.204. The molecule has 2 aromatic heterocycles. The van der Waals surface area contributed by atoms with Gasteiger partial charge in [0.05, 0.1) is 13.2 Å². The second-order valence-electron chi connectivity index (χ2n) is 8.82. The van der Waals surface area contributed by atoms with Crippen LogP contribution in [-0.2, 0) is 21.4 Å². The van der Waals surface area contributed by atoms with E-state index in [1.54, 1.807) is 9.97 Å². The van der Waals surface area contributed by atoms with E-state index in [4.69, 9.17) is 10.2 Å². The van der Waals surface area contributed by atoms with Crippen molar-refractivity contribution >= 4 is 0 Å². The summed E-state index contributed by atoms with van der Waals surface area (Å²) >= 11 is 0. The topological polar surface area (TPSA) is 209 Å². The highest BCUT2D eigenvalue weighted by Crippen LogP contribution is 2.49. The van der Waals surface area contributed by atoms with E-state index in [9.17, 15) is 55.7 Å². The molecule has 2 aliphatic rings. The van der Waals surface area contributed by atoms with Gasteiger partial charge in [0.2, 0.25) is 0 Å². The lowest BCUT2D eigenvalue weighted by atomic mass is 10.1.